The summed E-state index contributed by atoms with van der Waals surface area (Å²) in [6.45, 7) is 4.38. The lowest BCUT2D eigenvalue weighted by atomic mass is 10.2. The van der Waals surface area contributed by atoms with Gasteiger partial charge in [0.2, 0.25) is 0 Å². The number of amides is 1. The summed E-state index contributed by atoms with van der Waals surface area (Å²) in [4.78, 5) is 11.9. The third-order valence-corrected chi connectivity index (χ3v) is 4.21. The van der Waals surface area contributed by atoms with Crippen molar-refractivity contribution in [1.29, 1.82) is 0 Å². The SMILES string of the molecule is CCOc1c(Br)cc(/C=N\NC(=O)COc2cccc(CC)c2)cc1OC. The second-order valence-electron chi connectivity index (χ2n) is 5.55. The lowest BCUT2D eigenvalue weighted by Crippen LogP contribution is -2.24. The molecule has 0 saturated heterocycles. The predicted octanol–water partition coefficient (Wildman–Crippen LogP) is 3.95. The van der Waals surface area contributed by atoms with Gasteiger partial charge in [-0.1, -0.05) is 19.1 Å². The Balaban J connectivity index is 1.92. The number of nitrogens with one attached hydrogen (secondary N) is 1. The fraction of sp³-hybridized carbons (Fsp3) is 0.300. The number of benzene rings is 2. The normalized spacial score (nSPS) is 10.7. The Bertz CT molecular complexity index is 809. The topological polar surface area (TPSA) is 69.2 Å². The Kier molecular flexibility index (Phi) is 8.13. The molecule has 0 aliphatic heterocycles. The zero-order valence-corrected chi connectivity index (χ0v) is 17.2. The van der Waals surface area contributed by atoms with Crippen LogP contribution in [0.2, 0.25) is 0 Å². The summed E-state index contributed by atoms with van der Waals surface area (Å²) in [6.07, 6.45) is 2.44. The van der Waals surface area contributed by atoms with Gasteiger partial charge in [0.05, 0.1) is 24.4 Å². The highest BCUT2D eigenvalue weighted by molar-refractivity contribution is 9.10. The van der Waals surface area contributed by atoms with Crippen molar-refractivity contribution in [3.8, 4) is 17.2 Å². The van der Waals surface area contributed by atoms with Gasteiger partial charge < -0.3 is 14.2 Å². The maximum Gasteiger partial charge on any atom is 0.277 e. The first-order valence-electron chi connectivity index (χ1n) is 8.61. The van der Waals surface area contributed by atoms with Gasteiger partial charge in [0, 0.05) is 0 Å². The van der Waals surface area contributed by atoms with Gasteiger partial charge in [-0.25, -0.2) is 5.43 Å². The maximum absolute atomic E-state index is 11.9. The maximum atomic E-state index is 11.9. The summed E-state index contributed by atoms with van der Waals surface area (Å²) in [5.41, 5.74) is 4.35. The van der Waals surface area contributed by atoms with E-state index in [2.05, 4.69) is 33.4 Å². The van der Waals surface area contributed by atoms with Crippen LogP contribution < -0.4 is 19.6 Å². The van der Waals surface area contributed by atoms with E-state index in [4.69, 9.17) is 14.2 Å². The molecule has 0 aliphatic rings. The molecule has 0 radical (unpaired) electrons. The van der Waals surface area contributed by atoms with Crippen molar-refractivity contribution >= 4 is 28.1 Å². The summed E-state index contributed by atoms with van der Waals surface area (Å²) >= 11 is 3.45. The summed E-state index contributed by atoms with van der Waals surface area (Å²) < 4.78 is 17.1. The molecule has 0 fully saturated rings. The molecule has 0 saturated carbocycles. The van der Waals surface area contributed by atoms with Crippen LogP contribution in [0.25, 0.3) is 0 Å². The largest absolute Gasteiger partial charge is 0.493 e. The fourth-order valence-electron chi connectivity index (χ4n) is 2.31. The van der Waals surface area contributed by atoms with E-state index < -0.39 is 0 Å². The highest BCUT2D eigenvalue weighted by atomic mass is 79.9. The molecule has 0 aliphatic carbocycles. The number of carbonyl (C=O) groups excluding carboxylic acids is 1. The minimum atomic E-state index is -0.342. The molecule has 2 aromatic rings. The number of nitrogens with zero attached hydrogens (tertiary/aromatic N) is 1. The molecule has 0 atom stereocenters. The molecular weight excluding hydrogens is 412 g/mol. The van der Waals surface area contributed by atoms with Gasteiger partial charge in [-0.05, 0) is 64.7 Å². The van der Waals surface area contributed by atoms with E-state index >= 15 is 0 Å². The first-order valence-corrected chi connectivity index (χ1v) is 9.40. The molecule has 1 N–H and O–H groups in total. The minimum absolute atomic E-state index is 0.110. The number of hydrogen-bond acceptors (Lipinski definition) is 5. The number of hydrazone groups is 1. The average molecular weight is 435 g/mol. The highest BCUT2D eigenvalue weighted by Gasteiger charge is 2.10. The first kappa shape index (κ1) is 20.8. The van der Waals surface area contributed by atoms with Crippen LogP contribution in [0.5, 0.6) is 17.2 Å². The van der Waals surface area contributed by atoms with Crippen molar-refractivity contribution in [2.24, 2.45) is 5.10 Å². The van der Waals surface area contributed by atoms with Gasteiger partial charge in [0.15, 0.2) is 18.1 Å². The minimum Gasteiger partial charge on any atom is -0.493 e. The second-order valence-corrected chi connectivity index (χ2v) is 6.40. The van der Waals surface area contributed by atoms with Crippen molar-refractivity contribution < 1.29 is 19.0 Å². The van der Waals surface area contributed by atoms with Gasteiger partial charge in [-0.15, -0.1) is 0 Å². The Morgan fingerprint density at radius 2 is 2.04 bits per heavy atom. The molecule has 0 spiro atoms. The third kappa shape index (κ3) is 6.29. The number of ether oxygens (including phenoxy) is 3. The summed E-state index contributed by atoms with van der Waals surface area (Å²) in [5.74, 6) is 1.53. The molecule has 27 heavy (non-hydrogen) atoms. The Morgan fingerprint density at radius 1 is 1.22 bits per heavy atom. The molecule has 0 heterocycles. The monoisotopic (exact) mass is 434 g/mol. The Morgan fingerprint density at radius 3 is 2.74 bits per heavy atom. The first-order chi connectivity index (χ1) is 13.1. The molecule has 0 bridgehead atoms. The smallest absolute Gasteiger partial charge is 0.277 e. The van der Waals surface area contributed by atoms with Gasteiger partial charge in [-0.2, -0.15) is 5.10 Å². The van der Waals surface area contributed by atoms with Crippen LogP contribution in [0.15, 0.2) is 46.0 Å². The Labute approximate surface area is 167 Å². The fourth-order valence-corrected chi connectivity index (χ4v) is 2.89. The van der Waals surface area contributed by atoms with E-state index in [1.807, 2.05) is 37.3 Å². The van der Waals surface area contributed by atoms with E-state index in [0.717, 1.165) is 22.0 Å². The molecular formula is C20H23BrN2O4. The lowest BCUT2D eigenvalue weighted by molar-refractivity contribution is -0.123. The average Bonchev–Trinajstić information content (AvgIpc) is 2.68. The van der Waals surface area contributed by atoms with Gasteiger partial charge in [0.1, 0.15) is 5.75 Å². The lowest BCUT2D eigenvalue weighted by Gasteiger charge is -2.12. The van der Waals surface area contributed by atoms with Crippen LogP contribution in [0, 0.1) is 0 Å². The van der Waals surface area contributed by atoms with E-state index in [1.54, 1.807) is 13.2 Å². The molecule has 144 valence electrons. The van der Waals surface area contributed by atoms with Crippen LogP contribution in [-0.2, 0) is 11.2 Å². The summed E-state index contributed by atoms with van der Waals surface area (Å²) in [5, 5.41) is 3.96. The molecule has 2 aromatic carbocycles. The van der Waals surface area contributed by atoms with Crippen molar-refractivity contribution in [3.63, 3.8) is 0 Å². The number of halogens is 1. The quantitative estimate of drug-likeness (QED) is 0.479. The molecule has 6 nitrogen and oxygen atoms in total. The van der Waals surface area contributed by atoms with Crippen molar-refractivity contribution in [2.75, 3.05) is 20.3 Å². The predicted molar refractivity (Wildman–Crippen MR) is 109 cm³/mol. The summed E-state index contributed by atoms with van der Waals surface area (Å²) in [6, 6.07) is 11.3. The second kappa shape index (κ2) is 10.6. The molecule has 2 rings (SSSR count). The van der Waals surface area contributed by atoms with Crippen LogP contribution in [-0.4, -0.2) is 32.4 Å². The van der Waals surface area contributed by atoms with Crippen LogP contribution in [0.1, 0.15) is 25.0 Å². The number of hydrogen-bond donors (Lipinski definition) is 1. The zero-order chi connectivity index (χ0) is 19.6. The van der Waals surface area contributed by atoms with Crippen LogP contribution in [0.3, 0.4) is 0 Å². The zero-order valence-electron chi connectivity index (χ0n) is 15.6. The van der Waals surface area contributed by atoms with Crippen molar-refractivity contribution in [3.05, 3.63) is 52.0 Å². The summed E-state index contributed by atoms with van der Waals surface area (Å²) in [7, 11) is 1.57. The van der Waals surface area contributed by atoms with Gasteiger partial charge in [0.25, 0.3) is 5.91 Å². The molecule has 1 amide bonds. The van der Waals surface area contributed by atoms with Gasteiger partial charge >= 0.3 is 0 Å². The van der Waals surface area contributed by atoms with Crippen LogP contribution in [0.4, 0.5) is 0 Å². The van der Waals surface area contributed by atoms with Crippen LogP contribution >= 0.6 is 15.9 Å². The molecule has 0 unspecified atom stereocenters. The highest BCUT2D eigenvalue weighted by Crippen LogP contribution is 2.36. The molecule has 0 aromatic heterocycles. The standard InChI is InChI=1S/C20H23BrN2O4/c1-4-14-7-6-8-16(9-14)27-13-19(24)23-22-12-15-10-17(21)20(26-5-2)18(11-15)25-3/h6-12H,4-5,13H2,1-3H3,(H,23,24)/b22-12-. The van der Waals surface area contributed by atoms with E-state index in [-0.39, 0.29) is 12.5 Å². The van der Waals surface area contributed by atoms with Crippen molar-refractivity contribution in [2.45, 2.75) is 20.3 Å². The van der Waals surface area contributed by atoms with E-state index in [1.165, 1.54) is 6.21 Å². The van der Waals surface area contributed by atoms with Gasteiger partial charge in [-0.3, -0.25) is 4.79 Å². The number of methoxy groups -OCH3 is 1. The van der Waals surface area contributed by atoms with Crippen molar-refractivity contribution in [1.82, 2.24) is 5.43 Å². The van der Waals surface area contributed by atoms with E-state index in [0.29, 0.717) is 23.9 Å². The third-order valence-electron chi connectivity index (χ3n) is 3.62. The Hall–Kier alpha value is -2.54. The number of carbonyl (C=O) groups is 1. The van der Waals surface area contributed by atoms with E-state index in [9.17, 15) is 4.79 Å². The number of rotatable bonds is 9. The number of aryl methyl sites for hydroxylation is 1. The molecule has 7 heteroatoms.